The summed E-state index contributed by atoms with van der Waals surface area (Å²) in [4.78, 5) is 28.5. The number of ether oxygens (including phenoxy) is 1. The number of rotatable bonds is 13. The van der Waals surface area contributed by atoms with Crippen LogP contribution in [0.25, 0.3) is 0 Å². The Labute approximate surface area is 226 Å². The lowest BCUT2D eigenvalue weighted by Gasteiger charge is -2.13. The molecular formula is C31H33F3N2O3. The fourth-order valence-corrected chi connectivity index (χ4v) is 4.39. The number of amides is 1. The first-order valence-corrected chi connectivity index (χ1v) is 13.3. The lowest BCUT2D eigenvalue weighted by molar-refractivity contribution is -0.119. The Morgan fingerprint density at radius 2 is 1.67 bits per heavy atom. The maximum absolute atomic E-state index is 13.7. The molecule has 3 aromatic rings. The smallest absolute Gasteiger partial charge is 0.273 e. The van der Waals surface area contributed by atoms with Gasteiger partial charge in [-0.3, -0.25) is 9.59 Å². The second-order valence-electron chi connectivity index (χ2n) is 10.3. The minimum absolute atomic E-state index is 0.00976. The monoisotopic (exact) mass is 538 g/mol. The highest BCUT2D eigenvalue weighted by molar-refractivity contribution is 5.93. The number of alkyl halides is 2. The molecule has 1 amide bonds. The molecule has 1 saturated carbocycles. The summed E-state index contributed by atoms with van der Waals surface area (Å²) in [7, 11) is 0. The van der Waals surface area contributed by atoms with E-state index in [2.05, 4.69) is 10.3 Å². The minimum Gasteiger partial charge on any atom is -0.457 e. The Hall–Kier alpha value is -3.68. The Morgan fingerprint density at radius 1 is 1.00 bits per heavy atom. The number of aromatic nitrogens is 1. The average molecular weight is 539 g/mol. The first kappa shape index (κ1) is 28.3. The Balaban J connectivity index is 1.20. The standard InChI is InChI=1S/C31H33F3N2O3/c1-20-17-21(10-14-28(20)39-25-15-16-35-29(19-25)36-30(38)23-11-12-23)5-3-7-24(37)8-4-6-22-9-13-27(32)26(18-22)31(2,33)34/h9-10,13-19,23H,3-8,11-12H2,1-2H3,(H,35,36,38). The van der Waals surface area contributed by atoms with Crippen LogP contribution in [0, 0.1) is 18.7 Å². The molecule has 2 aromatic carbocycles. The van der Waals surface area contributed by atoms with E-state index in [1.54, 1.807) is 18.3 Å². The predicted molar refractivity (Wildman–Crippen MR) is 144 cm³/mol. The van der Waals surface area contributed by atoms with E-state index in [9.17, 15) is 22.8 Å². The van der Waals surface area contributed by atoms with Crippen LogP contribution in [-0.2, 0) is 28.4 Å². The predicted octanol–water partition coefficient (Wildman–Crippen LogP) is 7.70. The number of ketones is 1. The third kappa shape index (κ3) is 8.40. The summed E-state index contributed by atoms with van der Waals surface area (Å²) in [5.74, 6) is -2.21. The van der Waals surface area contributed by atoms with Gasteiger partial charge in [0.1, 0.15) is 28.9 Å². The molecule has 1 aliphatic carbocycles. The number of anilines is 1. The molecule has 39 heavy (non-hydrogen) atoms. The van der Waals surface area contributed by atoms with Crippen LogP contribution in [0.15, 0.2) is 54.7 Å². The number of halogens is 3. The molecule has 0 bridgehead atoms. The van der Waals surface area contributed by atoms with Crippen LogP contribution >= 0.6 is 0 Å². The lowest BCUT2D eigenvalue weighted by atomic mass is 9.99. The van der Waals surface area contributed by atoms with Gasteiger partial charge in [-0.05, 0) is 86.4 Å². The van der Waals surface area contributed by atoms with Crippen LogP contribution in [0.4, 0.5) is 19.0 Å². The molecule has 5 nitrogen and oxygen atoms in total. The maximum Gasteiger partial charge on any atom is 0.273 e. The summed E-state index contributed by atoms with van der Waals surface area (Å²) in [6, 6.07) is 13.1. The summed E-state index contributed by atoms with van der Waals surface area (Å²) in [5.41, 5.74) is 2.04. The van der Waals surface area contributed by atoms with Gasteiger partial charge in [-0.25, -0.2) is 18.2 Å². The van der Waals surface area contributed by atoms with Gasteiger partial charge in [0.05, 0.1) is 5.56 Å². The largest absolute Gasteiger partial charge is 0.457 e. The molecule has 0 atom stereocenters. The maximum atomic E-state index is 13.7. The van der Waals surface area contributed by atoms with Crippen molar-refractivity contribution in [2.75, 3.05) is 5.32 Å². The van der Waals surface area contributed by atoms with Crippen LogP contribution in [-0.4, -0.2) is 16.7 Å². The van der Waals surface area contributed by atoms with Crippen molar-refractivity contribution in [1.29, 1.82) is 0 Å². The van der Waals surface area contributed by atoms with Gasteiger partial charge in [-0.1, -0.05) is 18.2 Å². The van der Waals surface area contributed by atoms with Crippen LogP contribution in [0.5, 0.6) is 11.5 Å². The fraction of sp³-hybridized carbons (Fsp3) is 0.387. The summed E-state index contributed by atoms with van der Waals surface area (Å²) in [5, 5.41) is 2.82. The second-order valence-corrected chi connectivity index (χ2v) is 10.3. The number of carbonyl (C=O) groups excluding carboxylic acids is 2. The highest BCUT2D eigenvalue weighted by atomic mass is 19.3. The van der Waals surface area contributed by atoms with Crippen molar-refractivity contribution in [3.05, 3.63) is 82.8 Å². The van der Waals surface area contributed by atoms with E-state index in [0.717, 1.165) is 36.5 Å². The molecule has 0 radical (unpaired) electrons. The van der Waals surface area contributed by atoms with Gasteiger partial charge in [-0.15, -0.1) is 0 Å². The first-order valence-electron chi connectivity index (χ1n) is 13.3. The number of hydrogen-bond acceptors (Lipinski definition) is 4. The topological polar surface area (TPSA) is 68.3 Å². The highest BCUT2D eigenvalue weighted by Crippen LogP contribution is 2.32. The number of Topliss-reactive ketones (excluding diaryl/α,β-unsaturated/α-hetero) is 1. The summed E-state index contributed by atoms with van der Waals surface area (Å²) in [6.07, 6.45) is 6.66. The number of aryl methyl sites for hydroxylation is 3. The Bertz CT molecular complexity index is 1330. The molecule has 1 heterocycles. The van der Waals surface area contributed by atoms with Crippen molar-refractivity contribution in [3.63, 3.8) is 0 Å². The third-order valence-electron chi connectivity index (χ3n) is 6.74. The van der Waals surface area contributed by atoms with Crippen LogP contribution in [0.1, 0.15) is 67.7 Å². The minimum atomic E-state index is -3.24. The van der Waals surface area contributed by atoms with E-state index in [4.69, 9.17) is 4.74 Å². The van der Waals surface area contributed by atoms with E-state index in [1.165, 1.54) is 12.1 Å². The number of nitrogens with one attached hydrogen (secondary N) is 1. The Morgan fingerprint density at radius 3 is 2.31 bits per heavy atom. The van der Waals surface area contributed by atoms with Crippen molar-refractivity contribution in [2.24, 2.45) is 5.92 Å². The number of benzene rings is 2. The molecule has 0 aliphatic heterocycles. The average Bonchev–Trinajstić information content (AvgIpc) is 3.72. The first-order chi connectivity index (χ1) is 18.6. The molecule has 1 N–H and O–H groups in total. The normalized spacial score (nSPS) is 13.3. The summed E-state index contributed by atoms with van der Waals surface area (Å²) >= 11 is 0. The van der Waals surface area contributed by atoms with Crippen molar-refractivity contribution in [2.45, 2.75) is 71.1 Å². The van der Waals surface area contributed by atoms with Gasteiger partial charge >= 0.3 is 0 Å². The van der Waals surface area contributed by atoms with Gasteiger partial charge in [0.15, 0.2) is 0 Å². The van der Waals surface area contributed by atoms with Crippen LogP contribution < -0.4 is 10.1 Å². The van der Waals surface area contributed by atoms with Crippen LogP contribution in [0.3, 0.4) is 0 Å². The van der Waals surface area contributed by atoms with Crippen molar-refractivity contribution in [3.8, 4) is 11.5 Å². The zero-order valence-corrected chi connectivity index (χ0v) is 22.2. The molecule has 0 spiro atoms. The molecule has 0 saturated heterocycles. The summed E-state index contributed by atoms with van der Waals surface area (Å²) < 4.78 is 46.7. The molecule has 1 aliphatic rings. The molecule has 8 heteroatoms. The number of hydrogen-bond donors (Lipinski definition) is 1. The zero-order valence-electron chi connectivity index (χ0n) is 22.2. The van der Waals surface area contributed by atoms with Gasteiger partial charge < -0.3 is 10.1 Å². The van der Waals surface area contributed by atoms with Crippen LogP contribution in [0.2, 0.25) is 0 Å². The van der Waals surface area contributed by atoms with Crippen molar-refractivity contribution < 1.29 is 27.5 Å². The van der Waals surface area contributed by atoms with Gasteiger partial charge in [0.25, 0.3) is 5.92 Å². The molecule has 206 valence electrons. The van der Waals surface area contributed by atoms with E-state index >= 15 is 0 Å². The number of pyridine rings is 1. The van der Waals surface area contributed by atoms with E-state index in [1.807, 2.05) is 25.1 Å². The number of carbonyl (C=O) groups is 2. The zero-order chi connectivity index (χ0) is 28.0. The van der Waals surface area contributed by atoms with Crippen molar-refractivity contribution in [1.82, 2.24) is 4.98 Å². The third-order valence-corrected chi connectivity index (χ3v) is 6.74. The highest BCUT2D eigenvalue weighted by Gasteiger charge is 2.30. The quantitative estimate of drug-likeness (QED) is 0.242. The Kier molecular flexibility index (Phi) is 9.04. The molecule has 0 unspecified atom stereocenters. The molecule has 1 aromatic heterocycles. The lowest BCUT2D eigenvalue weighted by Crippen LogP contribution is -2.14. The van der Waals surface area contributed by atoms with Gasteiger partial charge in [-0.2, -0.15) is 0 Å². The molecular weight excluding hydrogens is 505 g/mol. The fourth-order valence-electron chi connectivity index (χ4n) is 4.39. The van der Waals surface area contributed by atoms with E-state index < -0.39 is 17.3 Å². The molecule has 1 fully saturated rings. The SMILES string of the molecule is Cc1cc(CCCC(=O)CCCc2ccc(F)c(C(C)(F)F)c2)ccc1Oc1ccnc(NC(=O)C2CC2)c1. The summed E-state index contributed by atoms with van der Waals surface area (Å²) in [6.45, 7) is 2.63. The second kappa shape index (κ2) is 12.5. The van der Waals surface area contributed by atoms with Gasteiger partial charge in [0, 0.05) is 37.9 Å². The van der Waals surface area contributed by atoms with Gasteiger partial charge in [0.2, 0.25) is 5.91 Å². The van der Waals surface area contributed by atoms with E-state index in [0.29, 0.717) is 61.9 Å². The molecule has 4 rings (SSSR count). The van der Waals surface area contributed by atoms with E-state index in [-0.39, 0.29) is 17.6 Å². The number of nitrogens with zero attached hydrogens (tertiary/aromatic N) is 1. The van der Waals surface area contributed by atoms with Crippen molar-refractivity contribution >= 4 is 17.5 Å².